The molecule has 1 rings (SSSR count). The van der Waals surface area contributed by atoms with Gasteiger partial charge in [0.1, 0.15) is 0 Å². The minimum Gasteiger partial charge on any atom is -0.448 e. The van der Waals surface area contributed by atoms with Crippen molar-refractivity contribution >= 4 is 28.6 Å². The Morgan fingerprint density at radius 3 is 2.06 bits per heavy atom. The highest BCUT2D eigenvalue weighted by molar-refractivity contribution is 8.00. The number of thioether (sulfide) groups is 1. The van der Waals surface area contributed by atoms with E-state index in [1.54, 1.807) is 0 Å². The molecule has 1 aromatic carbocycles. The first-order chi connectivity index (χ1) is 7.18. The van der Waals surface area contributed by atoms with E-state index in [2.05, 4.69) is 0 Å². The van der Waals surface area contributed by atoms with E-state index in [0.717, 1.165) is 6.26 Å². The van der Waals surface area contributed by atoms with Crippen molar-refractivity contribution in [2.45, 2.75) is 9.79 Å². The Morgan fingerprint density at radius 2 is 1.69 bits per heavy atom. The summed E-state index contributed by atoms with van der Waals surface area (Å²) in [6.07, 6.45) is 1.05. The molecular formula is C8H9BF3O2S2-. The first-order valence-electron chi connectivity index (χ1n) is 4.32. The smallest absolute Gasteiger partial charge is 0.448 e. The first-order valence-corrected chi connectivity index (χ1v) is 7.20. The van der Waals surface area contributed by atoms with Crippen LogP contribution >= 0.6 is 11.8 Å². The maximum Gasteiger partial charge on any atom is 0.488 e. The van der Waals surface area contributed by atoms with Crippen LogP contribution in [0.25, 0.3) is 0 Å². The van der Waals surface area contributed by atoms with Crippen LogP contribution in [-0.4, -0.2) is 27.3 Å². The summed E-state index contributed by atoms with van der Waals surface area (Å²) >= 11 is 0.655. The fraction of sp³-hybridized carbons (Fsp3) is 0.250. The summed E-state index contributed by atoms with van der Waals surface area (Å²) < 4.78 is 58.0. The molecule has 16 heavy (non-hydrogen) atoms. The topological polar surface area (TPSA) is 34.1 Å². The predicted molar refractivity (Wildman–Crippen MR) is 59.4 cm³/mol. The maximum atomic E-state index is 12.0. The largest absolute Gasteiger partial charge is 0.488 e. The van der Waals surface area contributed by atoms with Crippen molar-refractivity contribution in [3.05, 3.63) is 24.3 Å². The lowest BCUT2D eigenvalue weighted by molar-refractivity contribution is 0.485. The van der Waals surface area contributed by atoms with Crippen molar-refractivity contribution in [3.8, 4) is 0 Å². The molecule has 0 saturated heterocycles. The third-order valence-electron chi connectivity index (χ3n) is 1.69. The van der Waals surface area contributed by atoms with Gasteiger partial charge in [-0.15, -0.1) is 0 Å². The van der Waals surface area contributed by atoms with Crippen molar-refractivity contribution in [2.24, 2.45) is 0 Å². The SMILES string of the molecule is CS(=O)(=O)c1ccc(SC[B-](F)(F)F)cc1. The Labute approximate surface area is 96.2 Å². The zero-order valence-electron chi connectivity index (χ0n) is 8.36. The van der Waals surface area contributed by atoms with Gasteiger partial charge >= 0.3 is 6.98 Å². The molecule has 2 nitrogen and oxygen atoms in total. The second kappa shape index (κ2) is 4.71. The Hall–Kier alpha value is -0.625. The van der Waals surface area contributed by atoms with E-state index in [4.69, 9.17) is 0 Å². The van der Waals surface area contributed by atoms with E-state index in [9.17, 15) is 21.4 Å². The lowest BCUT2D eigenvalue weighted by Crippen LogP contribution is -2.18. The molecule has 0 saturated carbocycles. The van der Waals surface area contributed by atoms with Crippen LogP contribution in [0.5, 0.6) is 0 Å². The highest BCUT2D eigenvalue weighted by atomic mass is 32.2. The quantitative estimate of drug-likeness (QED) is 0.622. The van der Waals surface area contributed by atoms with Gasteiger partial charge in [0, 0.05) is 11.2 Å². The molecular weight excluding hydrogens is 260 g/mol. The van der Waals surface area contributed by atoms with E-state index in [-0.39, 0.29) is 4.90 Å². The maximum absolute atomic E-state index is 12.0. The van der Waals surface area contributed by atoms with E-state index < -0.39 is 22.5 Å². The van der Waals surface area contributed by atoms with Crippen molar-refractivity contribution < 1.29 is 21.4 Å². The second-order valence-corrected chi connectivity index (χ2v) is 6.37. The number of benzene rings is 1. The lowest BCUT2D eigenvalue weighted by atomic mass is 9.98. The number of rotatable bonds is 4. The number of hydrogen-bond acceptors (Lipinski definition) is 3. The van der Waals surface area contributed by atoms with Crippen molar-refractivity contribution in [1.29, 1.82) is 0 Å². The van der Waals surface area contributed by atoms with Crippen LogP contribution in [0.15, 0.2) is 34.1 Å². The summed E-state index contributed by atoms with van der Waals surface area (Å²) in [6, 6.07) is 5.37. The van der Waals surface area contributed by atoms with Crippen molar-refractivity contribution in [1.82, 2.24) is 0 Å². The van der Waals surface area contributed by atoms with Gasteiger partial charge in [0.05, 0.1) is 4.90 Å². The Morgan fingerprint density at radius 1 is 1.19 bits per heavy atom. The van der Waals surface area contributed by atoms with E-state index in [0.29, 0.717) is 16.7 Å². The van der Waals surface area contributed by atoms with Gasteiger partial charge in [0.2, 0.25) is 0 Å². The molecule has 0 aliphatic heterocycles. The average molecular weight is 269 g/mol. The van der Waals surface area contributed by atoms with Gasteiger partial charge in [0.15, 0.2) is 9.84 Å². The summed E-state index contributed by atoms with van der Waals surface area (Å²) in [5.74, 6) is 0. The van der Waals surface area contributed by atoms with Crippen molar-refractivity contribution in [2.75, 3.05) is 11.9 Å². The second-order valence-electron chi connectivity index (χ2n) is 3.26. The zero-order chi connectivity index (χ0) is 12.4. The number of halogens is 3. The van der Waals surface area contributed by atoms with Crippen molar-refractivity contribution in [3.63, 3.8) is 0 Å². The van der Waals surface area contributed by atoms with Gasteiger partial charge in [0.25, 0.3) is 0 Å². The van der Waals surface area contributed by atoms with E-state index in [1.165, 1.54) is 24.3 Å². The van der Waals surface area contributed by atoms with Gasteiger partial charge in [-0.3, -0.25) is 0 Å². The number of hydrogen-bond donors (Lipinski definition) is 0. The summed E-state index contributed by atoms with van der Waals surface area (Å²) in [5.41, 5.74) is -0.918. The molecule has 0 fully saturated rings. The molecule has 0 heterocycles. The van der Waals surface area contributed by atoms with Crippen LogP contribution in [0.4, 0.5) is 12.9 Å². The molecule has 0 unspecified atom stereocenters. The molecule has 0 aliphatic rings. The molecule has 0 spiro atoms. The lowest BCUT2D eigenvalue weighted by Gasteiger charge is -2.12. The molecule has 0 amide bonds. The predicted octanol–water partition coefficient (Wildman–Crippen LogP) is 2.57. The fourth-order valence-corrected chi connectivity index (χ4v) is 2.31. The monoisotopic (exact) mass is 269 g/mol. The Balaban J connectivity index is 2.73. The van der Waals surface area contributed by atoms with Gasteiger partial charge in [-0.25, -0.2) is 8.42 Å². The summed E-state index contributed by atoms with van der Waals surface area (Å²) in [5, 5.41) is 0. The van der Waals surface area contributed by atoms with E-state index >= 15 is 0 Å². The Bertz CT molecular complexity index is 453. The minimum atomic E-state index is -4.82. The molecule has 1 aromatic rings. The van der Waals surface area contributed by atoms with Crippen LogP contribution in [0.3, 0.4) is 0 Å². The number of sulfone groups is 1. The third kappa shape index (κ3) is 4.48. The fourth-order valence-electron chi connectivity index (χ4n) is 0.974. The van der Waals surface area contributed by atoms with Gasteiger partial charge in [-0.1, -0.05) is 0 Å². The molecule has 8 heteroatoms. The summed E-state index contributed by atoms with van der Waals surface area (Å²) in [6.45, 7) is -4.82. The average Bonchev–Trinajstić information content (AvgIpc) is 2.13. The molecule has 0 atom stereocenters. The third-order valence-corrected chi connectivity index (χ3v) is 3.97. The molecule has 0 aromatic heterocycles. The summed E-state index contributed by atoms with van der Waals surface area (Å²) in [7, 11) is -3.29. The van der Waals surface area contributed by atoms with Crippen LogP contribution in [0.2, 0.25) is 0 Å². The first kappa shape index (κ1) is 13.4. The van der Waals surface area contributed by atoms with E-state index in [1.807, 2.05) is 0 Å². The summed E-state index contributed by atoms with van der Waals surface area (Å²) in [4.78, 5) is 0.515. The Kier molecular flexibility index (Phi) is 3.95. The molecule has 0 bridgehead atoms. The van der Waals surface area contributed by atoms with Gasteiger partial charge < -0.3 is 12.9 Å². The standard InChI is InChI=1S/C8H9BF3O2S2/c1-16(13,14)8-4-2-7(3-5-8)15-6-9(10,11)12/h2-5H,6H2,1H3/q-1. The highest BCUT2D eigenvalue weighted by Gasteiger charge is 2.22. The van der Waals surface area contributed by atoms with Crippen LogP contribution in [0.1, 0.15) is 0 Å². The van der Waals surface area contributed by atoms with Crippen LogP contribution < -0.4 is 0 Å². The minimum absolute atomic E-state index is 0.106. The highest BCUT2D eigenvalue weighted by Crippen LogP contribution is 2.25. The molecule has 0 N–H and O–H groups in total. The van der Waals surface area contributed by atoms with Crippen LogP contribution in [-0.2, 0) is 9.84 Å². The van der Waals surface area contributed by atoms with Crippen LogP contribution in [0, 0.1) is 0 Å². The molecule has 0 radical (unpaired) electrons. The van der Waals surface area contributed by atoms with Gasteiger partial charge in [-0.2, -0.15) is 11.8 Å². The molecule has 90 valence electrons. The molecule has 0 aliphatic carbocycles. The normalized spacial score (nSPS) is 12.8. The zero-order valence-corrected chi connectivity index (χ0v) is 9.99. The van der Waals surface area contributed by atoms with Gasteiger partial charge in [-0.05, 0) is 29.9 Å².